The molecule has 1 heterocycles. The Labute approximate surface area is 206 Å². The van der Waals surface area contributed by atoms with Crippen molar-refractivity contribution in [3.05, 3.63) is 40.9 Å². The minimum Gasteiger partial charge on any atom is -0.511 e. The van der Waals surface area contributed by atoms with Gasteiger partial charge < -0.3 is 14.9 Å². The number of hydrogen-bond acceptors (Lipinski definition) is 6. The molecule has 0 amide bonds. The summed E-state index contributed by atoms with van der Waals surface area (Å²) in [7, 11) is 0. The number of allylic oxidation sites excluding steroid dienone is 1. The van der Waals surface area contributed by atoms with E-state index in [0.717, 1.165) is 12.8 Å². The Morgan fingerprint density at radius 2 is 1.89 bits per heavy atom. The number of carbonyl (C=O) groups excluding carboxylic acids is 2. The first-order valence-corrected chi connectivity index (χ1v) is 12.3. The highest BCUT2D eigenvalue weighted by Crippen LogP contribution is 2.33. The molecule has 1 aliphatic heterocycles. The largest absolute Gasteiger partial charge is 0.511 e. The topological polar surface area (TPSA) is 104 Å². The van der Waals surface area contributed by atoms with Gasteiger partial charge in [-0.15, -0.1) is 0 Å². The first-order chi connectivity index (χ1) is 16.4. The van der Waals surface area contributed by atoms with Gasteiger partial charge >= 0.3 is 5.97 Å². The number of aliphatic carboxylic acids is 1. The van der Waals surface area contributed by atoms with Gasteiger partial charge in [-0.05, 0) is 62.6 Å². The molecule has 8 heteroatoms. The fourth-order valence-electron chi connectivity index (χ4n) is 4.34. The quantitative estimate of drug-likeness (QED) is 0.279. The second-order valence-electron chi connectivity index (χ2n) is 10.7. The summed E-state index contributed by atoms with van der Waals surface area (Å²) in [6, 6.07) is 4.76. The third-order valence-electron chi connectivity index (χ3n) is 7.24. The maximum Gasteiger partial charge on any atom is 0.303 e. The molecule has 3 rings (SSSR count). The standard InChI is InChI=1S/C27H36FNO6/c1-16(5-10-24(32)33)17(2)26(34)25-21(30)12-27(3,4)29(14-22(25)31)13-19-8-9-23(20(28)11-19)35-15-18-6-7-18/h8-9,11,16-18,34H,5-7,10,12-15H2,1-4H3,(H,32,33). The van der Waals surface area contributed by atoms with Crippen LogP contribution in [0.25, 0.3) is 0 Å². The molecule has 7 nitrogen and oxygen atoms in total. The van der Waals surface area contributed by atoms with Crippen LogP contribution in [0, 0.1) is 23.6 Å². The first-order valence-electron chi connectivity index (χ1n) is 12.3. The monoisotopic (exact) mass is 489 g/mol. The van der Waals surface area contributed by atoms with Crippen molar-refractivity contribution >= 4 is 17.5 Å². The molecule has 2 atom stereocenters. The highest BCUT2D eigenvalue weighted by atomic mass is 19.1. The number of carbonyl (C=O) groups is 3. The zero-order chi connectivity index (χ0) is 25.9. The molecule has 192 valence electrons. The van der Waals surface area contributed by atoms with Crippen LogP contribution in [-0.2, 0) is 20.9 Å². The number of likely N-dealkylation sites (tertiary alicyclic amines) is 1. The smallest absolute Gasteiger partial charge is 0.303 e. The summed E-state index contributed by atoms with van der Waals surface area (Å²) in [5.74, 6) is -2.64. The lowest BCUT2D eigenvalue weighted by atomic mass is 9.85. The highest BCUT2D eigenvalue weighted by molar-refractivity contribution is 6.22. The van der Waals surface area contributed by atoms with Crippen molar-refractivity contribution in [2.45, 2.75) is 71.9 Å². The zero-order valence-corrected chi connectivity index (χ0v) is 21.0. The summed E-state index contributed by atoms with van der Waals surface area (Å²) in [6.45, 7) is 7.84. The average Bonchev–Trinajstić information content (AvgIpc) is 3.60. The lowest BCUT2D eigenvalue weighted by molar-refractivity contribution is -0.137. The van der Waals surface area contributed by atoms with Gasteiger partial charge in [-0.25, -0.2) is 4.39 Å². The molecule has 2 fully saturated rings. The van der Waals surface area contributed by atoms with Crippen molar-refractivity contribution < 1.29 is 33.7 Å². The molecular weight excluding hydrogens is 453 g/mol. The van der Waals surface area contributed by atoms with Gasteiger partial charge in [0.05, 0.1) is 18.7 Å². The van der Waals surface area contributed by atoms with E-state index in [1.165, 1.54) is 6.07 Å². The molecule has 0 bridgehead atoms. The molecule has 35 heavy (non-hydrogen) atoms. The normalized spacial score (nSPS) is 21.9. The summed E-state index contributed by atoms with van der Waals surface area (Å²) < 4.78 is 20.1. The summed E-state index contributed by atoms with van der Waals surface area (Å²) in [4.78, 5) is 38.9. The van der Waals surface area contributed by atoms with E-state index in [2.05, 4.69) is 0 Å². The molecule has 1 aromatic rings. The molecule has 2 N–H and O–H groups in total. The maximum absolute atomic E-state index is 14.6. The van der Waals surface area contributed by atoms with Gasteiger partial charge in [0.25, 0.3) is 0 Å². The maximum atomic E-state index is 14.6. The summed E-state index contributed by atoms with van der Waals surface area (Å²) >= 11 is 0. The Hall–Kier alpha value is -2.74. The van der Waals surface area contributed by atoms with Crippen molar-refractivity contribution in [3.8, 4) is 5.75 Å². The van der Waals surface area contributed by atoms with E-state index in [1.54, 1.807) is 26.0 Å². The van der Waals surface area contributed by atoms with Gasteiger partial charge in [0, 0.05) is 30.8 Å². The van der Waals surface area contributed by atoms with Gasteiger partial charge in [0.1, 0.15) is 5.76 Å². The Balaban J connectivity index is 1.76. The van der Waals surface area contributed by atoms with Crippen LogP contribution in [-0.4, -0.2) is 51.3 Å². The molecule has 0 aromatic heterocycles. The number of rotatable bonds is 10. The molecule has 2 unspecified atom stereocenters. The number of ether oxygens (including phenoxy) is 1. The van der Waals surface area contributed by atoms with Crippen LogP contribution in [0.1, 0.15) is 65.4 Å². The predicted molar refractivity (Wildman–Crippen MR) is 129 cm³/mol. The highest BCUT2D eigenvalue weighted by Gasteiger charge is 2.40. The summed E-state index contributed by atoms with van der Waals surface area (Å²) in [5, 5.41) is 19.8. The molecular formula is C27H36FNO6. The van der Waals surface area contributed by atoms with Crippen molar-refractivity contribution in [2.24, 2.45) is 17.8 Å². The third-order valence-corrected chi connectivity index (χ3v) is 7.24. The van der Waals surface area contributed by atoms with Crippen LogP contribution in [0.4, 0.5) is 4.39 Å². The number of hydrogen-bond donors (Lipinski definition) is 2. The van der Waals surface area contributed by atoms with Crippen LogP contribution < -0.4 is 4.74 Å². The van der Waals surface area contributed by atoms with E-state index >= 15 is 0 Å². The number of Topliss-reactive ketones (excluding diaryl/α,β-unsaturated/α-hetero) is 2. The van der Waals surface area contributed by atoms with E-state index in [1.807, 2.05) is 18.7 Å². The molecule has 1 aliphatic carbocycles. The van der Waals surface area contributed by atoms with E-state index in [-0.39, 0.29) is 48.9 Å². The number of nitrogens with zero attached hydrogens (tertiary/aromatic N) is 1. The Bertz CT molecular complexity index is 1010. The average molecular weight is 490 g/mol. The Kier molecular flexibility index (Phi) is 8.36. The summed E-state index contributed by atoms with van der Waals surface area (Å²) in [5.41, 5.74) is -0.253. The Morgan fingerprint density at radius 3 is 2.49 bits per heavy atom. The van der Waals surface area contributed by atoms with Crippen LogP contribution in [0.15, 0.2) is 29.5 Å². The minimum atomic E-state index is -0.936. The molecule has 1 aromatic carbocycles. The second-order valence-corrected chi connectivity index (χ2v) is 10.7. The SMILES string of the molecule is CC(CCC(=O)O)C(C)C(O)=C1C(=O)CN(Cc2ccc(OCC3CC3)c(F)c2)C(C)(C)CC1=O. The van der Waals surface area contributed by atoms with Gasteiger partial charge in [-0.1, -0.05) is 19.9 Å². The second kappa shape index (κ2) is 10.9. The van der Waals surface area contributed by atoms with E-state index < -0.39 is 34.8 Å². The molecule has 1 saturated heterocycles. The number of carboxylic acids is 1. The number of halogens is 1. The zero-order valence-electron chi connectivity index (χ0n) is 21.0. The van der Waals surface area contributed by atoms with Gasteiger partial charge in [0.15, 0.2) is 23.1 Å². The van der Waals surface area contributed by atoms with Gasteiger partial charge in [-0.2, -0.15) is 0 Å². The van der Waals surface area contributed by atoms with Crippen LogP contribution in [0.3, 0.4) is 0 Å². The van der Waals surface area contributed by atoms with E-state index in [9.17, 15) is 23.9 Å². The van der Waals surface area contributed by atoms with Crippen LogP contribution in [0.5, 0.6) is 5.75 Å². The van der Waals surface area contributed by atoms with Crippen molar-refractivity contribution in [2.75, 3.05) is 13.2 Å². The Morgan fingerprint density at radius 1 is 1.20 bits per heavy atom. The van der Waals surface area contributed by atoms with Crippen molar-refractivity contribution in [1.29, 1.82) is 0 Å². The fraction of sp³-hybridized carbons (Fsp3) is 0.593. The number of benzene rings is 1. The minimum absolute atomic E-state index is 0.0133. The number of ketones is 2. The summed E-state index contributed by atoms with van der Waals surface area (Å²) in [6.07, 6.45) is 2.50. The lowest BCUT2D eigenvalue weighted by Gasteiger charge is -2.36. The predicted octanol–water partition coefficient (Wildman–Crippen LogP) is 4.69. The molecule has 1 saturated carbocycles. The van der Waals surface area contributed by atoms with Crippen LogP contribution in [0.2, 0.25) is 0 Å². The molecule has 2 aliphatic rings. The molecule has 0 spiro atoms. The van der Waals surface area contributed by atoms with Crippen molar-refractivity contribution in [3.63, 3.8) is 0 Å². The lowest BCUT2D eigenvalue weighted by Crippen LogP contribution is -2.44. The number of aliphatic hydroxyl groups is 1. The van der Waals surface area contributed by atoms with E-state index in [4.69, 9.17) is 9.84 Å². The van der Waals surface area contributed by atoms with Crippen LogP contribution >= 0.6 is 0 Å². The number of aliphatic hydroxyl groups excluding tert-OH is 1. The fourth-order valence-corrected chi connectivity index (χ4v) is 4.34. The third kappa shape index (κ3) is 6.90. The van der Waals surface area contributed by atoms with Crippen molar-refractivity contribution in [1.82, 2.24) is 4.90 Å². The first kappa shape index (κ1) is 26.9. The van der Waals surface area contributed by atoms with Gasteiger partial charge in [0.2, 0.25) is 0 Å². The number of carboxylic acid groups (broad SMARTS) is 1. The van der Waals surface area contributed by atoms with Gasteiger partial charge in [-0.3, -0.25) is 19.3 Å². The van der Waals surface area contributed by atoms with E-state index in [0.29, 0.717) is 24.5 Å². The molecule has 0 radical (unpaired) electrons.